The molecule has 1 aromatic heterocycles. The second-order valence-corrected chi connectivity index (χ2v) is 22.6. The highest BCUT2D eigenvalue weighted by atomic mass is 28.3. The van der Waals surface area contributed by atoms with E-state index in [1.54, 1.807) is 0 Å². The Balaban J connectivity index is 0.941. The topological polar surface area (TPSA) is 8.17 Å². The van der Waals surface area contributed by atoms with E-state index in [0.29, 0.717) is 0 Å². The normalized spacial score (nSPS) is 11.6. The number of benzene rings is 12. The lowest BCUT2D eigenvalue weighted by molar-refractivity contribution is 1.18. The van der Waals surface area contributed by atoms with Gasteiger partial charge in [0.05, 0.1) is 11.0 Å². The Bertz CT molecular complexity index is 3940. The van der Waals surface area contributed by atoms with Gasteiger partial charge in [0.2, 0.25) is 0 Å². The minimum Gasteiger partial charge on any atom is -0.311 e. The van der Waals surface area contributed by atoms with Crippen LogP contribution in [0.15, 0.2) is 303 Å². The van der Waals surface area contributed by atoms with E-state index in [-0.39, 0.29) is 0 Å². The summed E-state index contributed by atoms with van der Waals surface area (Å²) in [7, 11) is -2.73. The molecule has 1 heterocycles. The molecule has 0 saturated heterocycles. The molecule has 0 atom stereocenters. The smallest absolute Gasteiger partial charge is 0.179 e. The summed E-state index contributed by atoms with van der Waals surface area (Å²) < 4.78 is 2.42. The Hall–Kier alpha value is -9.28. The Labute approximate surface area is 428 Å². The lowest BCUT2D eigenvalue weighted by Crippen LogP contribution is -2.74. The van der Waals surface area contributed by atoms with Crippen molar-refractivity contribution in [2.24, 2.45) is 0 Å². The van der Waals surface area contributed by atoms with Crippen molar-refractivity contribution in [2.75, 3.05) is 4.90 Å². The van der Waals surface area contributed by atoms with Crippen LogP contribution < -0.4 is 25.6 Å². The van der Waals surface area contributed by atoms with E-state index < -0.39 is 8.07 Å². The summed E-state index contributed by atoms with van der Waals surface area (Å²) >= 11 is 0. The van der Waals surface area contributed by atoms with Crippen molar-refractivity contribution in [3.05, 3.63) is 303 Å². The van der Waals surface area contributed by atoms with Gasteiger partial charge in [0.25, 0.3) is 0 Å². The van der Waals surface area contributed by atoms with Crippen molar-refractivity contribution in [3.63, 3.8) is 0 Å². The van der Waals surface area contributed by atoms with Gasteiger partial charge in [0, 0.05) is 33.5 Å². The molecule has 3 heteroatoms. The molecule has 0 unspecified atom stereocenters. The number of aromatic nitrogens is 1. The highest BCUT2D eigenvalue weighted by Gasteiger charge is 2.41. The summed E-state index contributed by atoms with van der Waals surface area (Å²) in [5.74, 6) is 0. The molecule has 2 nitrogen and oxygen atoms in total. The Morgan fingerprint density at radius 1 is 0.274 bits per heavy atom. The van der Waals surface area contributed by atoms with E-state index in [1.807, 2.05) is 0 Å². The number of anilines is 3. The summed E-state index contributed by atoms with van der Waals surface area (Å²) in [6.07, 6.45) is 0. The lowest BCUT2D eigenvalue weighted by atomic mass is 9.98. The van der Waals surface area contributed by atoms with Crippen molar-refractivity contribution < 1.29 is 0 Å². The van der Waals surface area contributed by atoms with Crippen LogP contribution in [-0.4, -0.2) is 12.6 Å². The number of hydrogen-bond acceptors (Lipinski definition) is 1. The van der Waals surface area contributed by atoms with Crippen LogP contribution in [0.3, 0.4) is 0 Å². The summed E-state index contributed by atoms with van der Waals surface area (Å²) in [4.78, 5) is 2.41. The number of nitrogens with zero attached hydrogens (tertiary/aromatic N) is 2. The maximum absolute atomic E-state index is 2.73. The molecule has 0 radical (unpaired) electrons. The fourth-order valence-corrected chi connectivity index (χ4v) is 16.2. The van der Waals surface area contributed by atoms with Crippen molar-refractivity contribution in [1.29, 1.82) is 0 Å². The summed E-state index contributed by atoms with van der Waals surface area (Å²) in [6, 6.07) is 112. The molecule has 0 bridgehead atoms. The molecule has 0 aliphatic carbocycles. The maximum Gasteiger partial charge on any atom is 0.179 e. The van der Waals surface area contributed by atoms with Crippen LogP contribution in [0.4, 0.5) is 17.1 Å². The average Bonchev–Trinajstić information content (AvgIpc) is 3.82. The van der Waals surface area contributed by atoms with Gasteiger partial charge in [-0.1, -0.05) is 243 Å². The SMILES string of the molecule is c1ccc(-c2cccc(-n3c4ccccc4c4c(-c5ccc(N(c6ccc(-c7cccc8ccccc78)cc6)c6ccc([Si](c7ccccc7)(c7ccccc7)c7ccccc7)cc6)cc5)cccc43)c2)cc1. The minimum atomic E-state index is -2.73. The van der Waals surface area contributed by atoms with Gasteiger partial charge in [-0.2, -0.15) is 0 Å². The van der Waals surface area contributed by atoms with Crippen LogP contribution in [-0.2, 0) is 0 Å². The van der Waals surface area contributed by atoms with Crippen molar-refractivity contribution in [3.8, 4) is 39.1 Å². The Morgan fingerprint density at radius 2 is 0.699 bits per heavy atom. The summed E-state index contributed by atoms with van der Waals surface area (Å²) in [6.45, 7) is 0. The lowest BCUT2D eigenvalue weighted by Gasteiger charge is -2.35. The van der Waals surface area contributed by atoms with Crippen molar-refractivity contribution in [1.82, 2.24) is 4.57 Å². The standard InChI is InChI=1S/C70H50N2Si/c1-5-20-51(21-6-1)55-24-17-25-59(50-55)72-68-36-16-15-33-67(68)70-66(35-19-37-69(70)72)54-40-44-57(45-41-54)71(56-42-38-53(39-43-56)65-34-18-23-52-22-13-14-32-64(52)65)58-46-48-63(49-47-58)73(60-26-7-2-8-27-60,61-28-9-3-10-29-61)62-30-11-4-12-31-62/h1-50H. The molecular formula is C70H50N2Si. The zero-order chi connectivity index (χ0) is 48.6. The van der Waals surface area contributed by atoms with Gasteiger partial charge in [0.1, 0.15) is 0 Å². The number of hydrogen-bond donors (Lipinski definition) is 0. The molecule has 344 valence electrons. The van der Waals surface area contributed by atoms with Crippen LogP contribution in [0, 0.1) is 0 Å². The Kier molecular flexibility index (Phi) is 11.3. The highest BCUT2D eigenvalue weighted by Crippen LogP contribution is 2.42. The third kappa shape index (κ3) is 7.75. The second-order valence-electron chi connectivity index (χ2n) is 18.8. The molecule has 73 heavy (non-hydrogen) atoms. The van der Waals surface area contributed by atoms with E-state index in [4.69, 9.17) is 0 Å². The predicted octanol–water partition coefficient (Wildman–Crippen LogP) is 15.8. The zero-order valence-electron chi connectivity index (χ0n) is 40.3. The third-order valence-corrected chi connectivity index (χ3v) is 19.5. The number of para-hydroxylation sites is 1. The number of fused-ring (bicyclic) bond motifs is 4. The first-order valence-corrected chi connectivity index (χ1v) is 27.2. The van der Waals surface area contributed by atoms with Gasteiger partial charge in [0.15, 0.2) is 8.07 Å². The molecule has 0 N–H and O–H groups in total. The monoisotopic (exact) mass is 946 g/mol. The van der Waals surface area contributed by atoms with E-state index in [1.165, 1.54) is 86.7 Å². The summed E-state index contributed by atoms with van der Waals surface area (Å²) in [5, 5.41) is 10.4. The van der Waals surface area contributed by atoms with Gasteiger partial charge >= 0.3 is 0 Å². The van der Waals surface area contributed by atoms with E-state index in [9.17, 15) is 0 Å². The van der Waals surface area contributed by atoms with Gasteiger partial charge < -0.3 is 9.47 Å². The molecule has 0 saturated carbocycles. The average molecular weight is 947 g/mol. The molecular weight excluding hydrogens is 897 g/mol. The largest absolute Gasteiger partial charge is 0.311 e. The first-order chi connectivity index (χ1) is 36.2. The molecule has 13 aromatic rings. The predicted molar refractivity (Wildman–Crippen MR) is 313 cm³/mol. The van der Waals surface area contributed by atoms with E-state index in [2.05, 4.69) is 313 Å². The first kappa shape index (κ1) is 43.7. The van der Waals surface area contributed by atoms with Gasteiger partial charge in [-0.05, 0) is 126 Å². The third-order valence-electron chi connectivity index (χ3n) is 14.8. The molecule has 0 aliphatic rings. The first-order valence-electron chi connectivity index (χ1n) is 25.2. The molecule has 0 amide bonds. The Morgan fingerprint density at radius 3 is 1.32 bits per heavy atom. The quantitative estimate of drug-likeness (QED) is 0.0926. The van der Waals surface area contributed by atoms with Gasteiger partial charge in [-0.25, -0.2) is 0 Å². The summed E-state index contributed by atoms with van der Waals surface area (Å²) in [5.41, 5.74) is 14.0. The van der Waals surface area contributed by atoms with Gasteiger partial charge in [-0.3, -0.25) is 0 Å². The van der Waals surface area contributed by atoms with Crippen LogP contribution >= 0.6 is 0 Å². The molecule has 0 spiro atoms. The maximum atomic E-state index is 2.42. The zero-order valence-corrected chi connectivity index (χ0v) is 41.3. The molecule has 13 rings (SSSR count). The van der Waals surface area contributed by atoms with Crippen molar-refractivity contribution in [2.45, 2.75) is 0 Å². The van der Waals surface area contributed by atoms with Gasteiger partial charge in [-0.15, -0.1) is 0 Å². The van der Waals surface area contributed by atoms with E-state index in [0.717, 1.165) is 22.7 Å². The fraction of sp³-hybridized carbons (Fsp3) is 0. The fourth-order valence-electron chi connectivity index (χ4n) is 11.4. The highest BCUT2D eigenvalue weighted by molar-refractivity contribution is 7.19. The minimum absolute atomic E-state index is 1.08. The molecule has 12 aromatic carbocycles. The van der Waals surface area contributed by atoms with Crippen LogP contribution in [0.25, 0.3) is 71.6 Å². The number of rotatable bonds is 11. The van der Waals surface area contributed by atoms with Crippen LogP contribution in [0.1, 0.15) is 0 Å². The second kappa shape index (κ2) is 18.8. The van der Waals surface area contributed by atoms with Crippen LogP contribution in [0.5, 0.6) is 0 Å². The van der Waals surface area contributed by atoms with Crippen LogP contribution in [0.2, 0.25) is 0 Å². The van der Waals surface area contributed by atoms with Crippen molar-refractivity contribution >= 4 is 78.5 Å². The molecule has 0 fully saturated rings. The van der Waals surface area contributed by atoms with E-state index >= 15 is 0 Å². The molecule has 0 aliphatic heterocycles.